The van der Waals surface area contributed by atoms with Gasteiger partial charge in [0.15, 0.2) is 0 Å². The predicted molar refractivity (Wildman–Crippen MR) is 241 cm³/mol. The molecule has 0 amide bonds. The van der Waals surface area contributed by atoms with E-state index in [-0.39, 0.29) is 93.5 Å². The van der Waals surface area contributed by atoms with Crippen LogP contribution in [-0.4, -0.2) is 96.4 Å². The van der Waals surface area contributed by atoms with Crippen molar-refractivity contribution in [3.8, 4) is 0 Å². The molecular formula is C42H41N11Na2O9S2. The second-order valence-electron chi connectivity index (χ2n) is 13.8. The molecule has 66 heavy (non-hydrogen) atoms. The molecule has 0 unspecified atom stereocenters. The van der Waals surface area contributed by atoms with E-state index >= 15 is 0 Å². The third kappa shape index (κ3) is 12.5. The molecule has 0 aliphatic heterocycles. The number of nitrogens with two attached hydrogens (primary N) is 1. The Morgan fingerprint density at radius 2 is 1.05 bits per heavy atom. The molecule has 3 aliphatic rings. The Kier molecular flexibility index (Phi) is 18.4. The number of hydrogen-bond donors (Lipinski definition) is 4. The summed E-state index contributed by atoms with van der Waals surface area (Å²) in [4.78, 5) is 41.0. The van der Waals surface area contributed by atoms with Crippen LogP contribution in [0.5, 0.6) is 0 Å². The summed E-state index contributed by atoms with van der Waals surface area (Å²) in [7, 11) is -10.8. The summed E-state index contributed by atoms with van der Waals surface area (Å²) in [5.74, 6) is -1.78. The zero-order valence-electron chi connectivity index (χ0n) is 36.8. The van der Waals surface area contributed by atoms with Crippen LogP contribution < -0.4 is 81.1 Å². The predicted octanol–water partition coefficient (Wildman–Crippen LogP) is -0.588. The number of Topliss-reactive ketones (excluding diaryl/α,β-unsaturated/α-hetero) is 1. The Labute approximate surface area is 425 Å². The van der Waals surface area contributed by atoms with Crippen molar-refractivity contribution in [1.82, 2.24) is 9.80 Å². The first-order chi connectivity index (χ1) is 30.4. The van der Waals surface area contributed by atoms with E-state index in [0.717, 1.165) is 37.6 Å². The number of rotatable bonds is 16. The maximum Gasteiger partial charge on any atom is 1.00 e. The van der Waals surface area contributed by atoms with E-state index in [9.17, 15) is 40.3 Å². The molecule has 3 aromatic rings. The van der Waals surface area contributed by atoms with E-state index in [1.165, 1.54) is 60.7 Å². The number of allylic oxidation sites excluding steroid dienone is 7. The van der Waals surface area contributed by atoms with Crippen LogP contribution in [0.4, 0.5) is 34.1 Å². The van der Waals surface area contributed by atoms with Gasteiger partial charge in [-0.05, 0) is 118 Å². The molecule has 5 N–H and O–H groups in total. The minimum absolute atomic E-state index is 0. The maximum absolute atomic E-state index is 13.9. The number of azo groups is 1. The fourth-order valence-electron chi connectivity index (χ4n) is 6.55. The summed E-state index contributed by atoms with van der Waals surface area (Å²) in [6, 6.07) is 12.7. The second-order valence-corrected chi connectivity index (χ2v) is 16.5. The fraction of sp³-hybridized carbons (Fsp3) is 0.190. The molecule has 0 heterocycles. The van der Waals surface area contributed by atoms with E-state index < -0.39 is 64.0 Å². The summed E-state index contributed by atoms with van der Waals surface area (Å²) in [6.45, 7) is 10.9. The first-order valence-corrected chi connectivity index (χ1v) is 22.4. The second kappa shape index (κ2) is 22.9. The number of fused-ring (bicyclic) bond motifs is 1. The van der Waals surface area contributed by atoms with Crippen molar-refractivity contribution < 1.29 is 99.4 Å². The average Bonchev–Trinajstić information content (AvgIpc) is 3.26. The minimum atomic E-state index is -5.43. The minimum Gasteiger partial charge on any atom is -0.744 e. The Balaban J connectivity index is 0.00000476. The molecule has 6 rings (SSSR count). The third-order valence-corrected chi connectivity index (χ3v) is 11.6. The molecule has 0 atom stereocenters. The van der Waals surface area contributed by atoms with Crippen molar-refractivity contribution in [2.45, 2.75) is 32.6 Å². The van der Waals surface area contributed by atoms with Crippen molar-refractivity contribution in [3.05, 3.63) is 118 Å². The first-order valence-electron chi connectivity index (χ1n) is 19.6. The van der Waals surface area contributed by atoms with Gasteiger partial charge in [0.05, 0.1) is 43.8 Å². The number of ketones is 3. The van der Waals surface area contributed by atoms with Gasteiger partial charge in [0, 0.05) is 49.7 Å². The topological polar surface area (TPSA) is 296 Å². The number of nitrogen functional groups attached to an aromatic ring is 1. The SMILES string of the molecule is CCN(CC)C1=CC(=O)/C(=N/Nc2ccc(N=Nc3c(S(=O)(=O)[O-])cc4c(c3N)C(=O)/C(=N\Nc3ccc(N/N=C5\C=CC(N(CC)CC)=CC5=O)cc3)C(S(=O)(=O)[O-])=C4)cc2)C=C1.[Na+].[Na+]. The van der Waals surface area contributed by atoms with Gasteiger partial charge in [-0.3, -0.25) is 30.7 Å². The van der Waals surface area contributed by atoms with Crippen LogP contribution in [-0.2, 0) is 29.8 Å². The molecule has 0 bridgehead atoms. The van der Waals surface area contributed by atoms with Gasteiger partial charge in [0.2, 0.25) is 17.3 Å². The van der Waals surface area contributed by atoms with E-state index in [0.29, 0.717) is 23.5 Å². The number of anilines is 4. The summed E-state index contributed by atoms with van der Waals surface area (Å²) in [6.07, 6.45) is 10.5. The van der Waals surface area contributed by atoms with Gasteiger partial charge in [0.25, 0.3) is 0 Å². The summed E-state index contributed by atoms with van der Waals surface area (Å²) >= 11 is 0. The van der Waals surface area contributed by atoms with Crippen molar-refractivity contribution >= 4 is 94.9 Å². The number of hydrazone groups is 3. The monoisotopic (exact) mass is 953 g/mol. The largest absolute Gasteiger partial charge is 1.00 e. The smallest absolute Gasteiger partial charge is 0.744 e. The van der Waals surface area contributed by atoms with Gasteiger partial charge in [-0.1, -0.05) is 0 Å². The standard InChI is InChI=1S/C42H43N11O9S2.2Na/c1-5-52(6-2)30-17-19-32(34(54)23-30)48-44-26-9-13-28(14-10-26)46-50-40-36(63(57,58)59)21-25-22-37(64(60,61)62)41(42(56)38(25)39(40)43)51-47-29-15-11-27(12-16-29)45-49-33-20-18-31(24-35(33)55)53(7-3)8-4;;/h9-24,44-45,47H,5-8,43H2,1-4H3,(H,57,58,59)(H,60,61,62);;/q;2*+1/p-2/b48-32+,49-33+,50-46?,51-41-;;. The molecule has 0 saturated carbocycles. The molecule has 20 nitrogen and oxygen atoms in total. The molecule has 3 aromatic carbocycles. The van der Waals surface area contributed by atoms with E-state index in [4.69, 9.17) is 5.73 Å². The number of nitrogens with zero attached hydrogens (tertiary/aromatic N) is 7. The Bertz CT molecular complexity index is 2920. The van der Waals surface area contributed by atoms with Crippen molar-refractivity contribution in [1.29, 1.82) is 0 Å². The Morgan fingerprint density at radius 1 is 0.606 bits per heavy atom. The zero-order chi connectivity index (χ0) is 46.3. The number of hydrogen-bond acceptors (Lipinski definition) is 20. The molecule has 0 saturated heterocycles. The van der Waals surface area contributed by atoms with Crippen LogP contribution in [0.3, 0.4) is 0 Å². The van der Waals surface area contributed by atoms with E-state index in [1.807, 2.05) is 37.5 Å². The molecule has 332 valence electrons. The molecule has 24 heteroatoms. The van der Waals surface area contributed by atoms with Gasteiger partial charge < -0.3 is 24.6 Å². The van der Waals surface area contributed by atoms with Gasteiger partial charge in [-0.15, -0.1) is 5.11 Å². The van der Waals surface area contributed by atoms with Crippen LogP contribution >= 0.6 is 0 Å². The van der Waals surface area contributed by atoms with Gasteiger partial charge in [-0.25, -0.2) is 16.8 Å². The number of nitrogens with one attached hydrogen (secondary N) is 3. The normalized spacial score (nSPS) is 16.6. The van der Waals surface area contributed by atoms with Crippen LogP contribution in [0.2, 0.25) is 0 Å². The average molecular weight is 954 g/mol. The van der Waals surface area contributed by atoms with Crippen molar-refractivity contribution in [2.75, 3.05) is 48.2 Å². The van der Waals surface area contributed by atoms with Crippen molar-refractivity contribution in [2.24, 2.45) is 25.5 Å². The summed E-state index contributed by atoms with van der Waals surface area (Å²) in [5, 5.41) is 20.1. The number of carbonyl (C=O) groups excluding carboxylic acids is 3. The van der Waals surface area contributed by atoms with Crippen molar-refractivity contribution in [3.63, 3.8) is 0 Å². The van der Waals surface area contributed by atoms with Gasteiger partial charge >= 0.3 is 59.1 Å². The van der Waals surface area contributed by atoms with E-state index in [2.05, 4.69) is 41.8 Å². The fourth-order valence-corrected chi connectivity index (χ4v) is 7.85. The number of likely N-dealkylation sites (N-methyl/N-ethyl adjacent to an activating group) is 2. The van der Waals surface area contributed by atoms with Crippen LogP contribution in [0.25, 0.3) is 6.08 Å². The summed E-state index contributed by atoms with van der Waals surface area (Å²) in [5.41, 5.74) is 14.3. The molecule has 0 aromatic heterocycles. The summed E-state index contributed by atoms with van der Waals surface area (Å²) < 4.78 is 74.5. The Morgan fingerprint density at radius 3 is 1.45 bits per heavy atom. The van der Waals surface area contributed by atoms with Crippen LogP contribution in [0.1, 0.15) is 43.6 Å². The van der Waals surface area contributed by atoms with E-state index in [1.54, 1.807) is 24.3 Å². The quantitative estimate of drug-likeness (QED) is 0.0349. The molecular weight excluding hydrogens is 913 g/mol. The number of carbonyl (C=O) groups is 3. The van der Waals surface area contributed by atoms with Gasteiger partial charge in [0.1, 0.15) is 43.1 Å². The maximum atomic E-state index is 13.9. The molecule has 0 spiro atoms. The van der Waals surface area contributed by atoms with Gasteiger partial charge in [-0.2, -0.15) is 20.4 Å². The van der Waals surface area contributed by atoms with Crippen LogP contribution in [0, 0.1) is 0 Å². The Hall–Kier alpha value is -5.40. The molecule has 3 aliphatic carbocycles. The third-order valence-electron chi connectivity index (χ3n) is 9.90. The molecule has 0 radical (unpaired) electrons. The molecule has 0 fully saturated rings. The first kappa shape index (κ1) is 53.2. The number of benzene rings is 3. The van der Waals surface area contributed by atoms with Crippen LogP contribution in [0.15, 0.2) is 138 Å². The zero-order valence-corrected chi connectivity index (χ0v) is 42.4.